The van der Waals surface area contributed by atoms with Crippen LogP contribution in [-0.4, -0.2) is 32.4 Å². The van der Waals surface area contributed by atoms with E-state index in [1.54, 1.807) is 0 Å². The normalized spacial score (nSPS) is 12.1. The Morgan fingerprint density at radius 1 is 1.00 bits per heavy atom. The molecule has 1 atom stereocenters. The van der Waals surface area contributed by atoms with Crippen molar-refractivity contribution in [2.75, 3.05) is 26.4 Å². The molecule has 2 rings (SSSR count). The summed E-state index contributed by atoms with van der Waals surface area (Å²) in [5.41, 5.74) is 0. The number of hydrogen-bond donors (Lipinski definition) is 0. The van der Waals surface area contributed by atoms with Gasteiger partial charge in [0.1, 0.15) is 19.0 Å². The summed E-state index contributed by atoms with van der Waals surface area (Å²) in [7, 11) is 0. The molecule has 0 saturated carbocycles. The molecule has 124 valence electrons. The molecule has 23 heavy (non-hydrogen) atoms. The Morgan fingerprint density at radius 3 is 2.52 bits per heavy atom. The summed E-state index contributed by atoms with van der Waals surface area (Å²) in [6, 6.07) is 14.2. The zero-order valence-electron chi connectivity index (χ0n) is 13.8. The molecule has 0 bridgehead atoms. The lowest BCUT2D eigenvalue weighted by Crippen LogP contribution is -2.18. The predicted octanol–water partition coefficient (Wildman–Crippen LogP) is 3.82. The summed E-state index contributed by atoms with van der Waals surface area (Å²) < 4.78 is 16.2. The molecule has 0 aliphatic heterocycles. The molecule has 0 heterocycles. The molecule has 4 heteroatoms. The van der Waals surface area contributed by atoms with E-state index in [4.69, 9.17) is 14.2 Å². The summed E-state index contributed by atoms with van der Waals surface area (Å²) >= 11 is 0. The molecule has 4 nitrogen and oxygen atoms in total. The predicted molar refractivity (Wildman–Crippen MR) is 90.7 cm³/mol. The minimum atomic E-state index is -0.163. The highest BCUT2D eigenvalue weighted by Crippen LogP contribution is 2.20. The molecule has 0 amide bonds. The van der Waals surface area contributed by atoms with Gasteiger partial charge in [0.2, 0.25) is 0 Å². The number of carbonyl (C=O) groups excluding carboxylic acids is 1. The fourth-order valence-electron chi connectivity index (χ4n) is 2.09. The van der Waals surface area contributed by atoms with E-state index in [0.717, 1.165) is 17.6 Å². The largest absolute Gasteiger partial charge is 0.491 e. The van der Waals surface area contributed by atoms with Crippen molar-refractivity contribution in [3.63, 3.8) is 0 Å². The Balaban J connectivity index is 1.60. The van der Waals surface area contributed by atoms with E-state index in [1.165, 1.54) is 5.39 Å². The van der Waals surface area contributed by atoms with Gasteiger partial charge in [-0.25, -0.2) is 0 Å². The van der Waals surface area contributed by atoms with Gasteiger partial charge in [-0.3, -0.25) is 4.79 Å². The molecule has 0 fully saturated rings. The Morgan fingerprint density at radius 2 is 1.74 bits per heavy atom. The molecule has 0 N–H and O–H groups in total. The van der Waals surface area contributed by atoms with Crippen molar-refractivity contribution in [1.29, 1.82) is 0 Å². The maximum absolute atomic E-state index is 11.5. The van der Waals surface area contributed by atoms with Gasteiger partial charge >= 0.3 is 5.97 Å². The Kier molecular flexibility index (Phi) is 6.88. The van der Waals surface area contributed by atoms with Crippen molar-refractivity contribution < 1.29 is 19.0 Å². The highest BCUT2D eigenvalue weighted by Gasteiger charge is 2.11. The fraction of sp³-hybridized carbons (Fsp3) is 0.421. The molecular weight excluding hydrogens is 292 g/mol. The minimum Gasteiger partial charge on any atom is -0.491 e. The second-order valence-corrected chi connectivity index (χ2v) is 5.45. The summed E-state index contributed by atoms with van der Waals surface area (Å²) in [6.45, 7) is 5.45. The van der Waals surface area contributed by atoms with E-state index in [1.807, 2.05) is 44.2 Å². The van der Waals surface area contributed by atoms with Crippen molar-refractivity contribution in [1.82, 2.24) is 0 Å². The van der Waals surface area contributed by atoms with Gasteiger partial charge in [0, 0.05) is 0 Å². The average Bonchev–Trinajstić information content (AvgIpc) is 2.59. The maximum Gasteiger partial charge on any atom is 0.308 e. The van der Waals surface area contributed by atoms with Crippen molar-refractivity contribution in [3.8, 4) is 5.75 Å². The second-order valence-electron chi connectivity index (χ2n) is 5.45. The summed E-state index contributed by atoms with van der Waals surface area (Å²) in [6.07, 6.45) is 0.791. The van der Waals surface area contributed by atoms with Gasteiger partial charge in [-0.1, -0.05) is 44.2 Å². The Bertz CT molecular complexity index is 624. The van der Waals surface area contributed by atoms with Gasteiger partial charge in [-0.15, -0.1) is 0 Å². The van der Waals surface area contributed by atoms with Crippen LogP contribution in [0, 0.1) is 5.92 Å². The van der Waals surface area contributed by atoms with E-state index in [9.17, 15) is 4.79 Å². The molecule has 2 aromatic carbocycles. The van der Waals surface area contributed by atoms with Gasteiger partial charge in [-0.05, 0) is 29.3 Å². The van der Waals surface area contributed by atoms with Gasteiger partial charge in [0.15, 0.2) is 0 Å². The van der Waals surface area contributed by atoms with E-state index >= 15 is 0 Å². The van der Waals surface area contributed by atoms with Crippen LogP contribution in [0.5, 0.6) is 5.75 Å². The fourth-order valence-corrected chi connectivity index (χ4v) is 2.09. The minimum absolute atomic E-state index is 0.0498. The van der Waals surface area contributed by atoms with E-state index in [0.29, 0.717) is 26.4 Å². The number of rotatable bonds is 9. The Labute approximate surface area is 137 Å². The lowest BCUT2D eigenvalue weighted by atomic mass is 10.1. The van der Waals surface area contributed by atoms with Crippen LogP contribution in [0.2, 0.25) is 0 Å². The SMILES string of the molecule is CCC(C)C(=O)OCCOCCOc1ccc2ccccc2c1. The number of hydrogen-bond acceptors (Lipinski definition) is 4. The van der Waals surface area contributed by atoms with Crippen LogP contribution in [0.4, 0.5) is 0 Å². The first-order valence-electron chi connectivity index (χ1n) is 8.06. The van der Waals surface area contributed by atoms with Crippen LogP contribution in [0.25, 0.3) is 10.8 Å². The first-order valence-corrected chi connectivity index (χ1v) is 8.06. The topological polar surface area (TPSA) is 44.8 Å². The van der Waals surface area contributed by atoms with Crippen LogP contribution in [0.15, 0.2) is 42.5 Å². The lowest BCUT2D eigenvalue weighted by molar-refractivity contribution is -0.149. The van der Waals surface area contributed by atoms with Gasteiger partial charge < -0.3 is 14.2 Å². The molecule has 0 aliphatic carbocycles. The maximum atomic E-state index is 11.5. The summed E-state index contributed by atoms with van der Waals surface area (Å²) in [4.78, 5) is 11.5. The van der Waals surface area contributed by atoms with E-state index in [-0.39, 0.29) is 11.9 Å². The molecular formula is C19H24O4. The number of carbonyl (C=O) groups is 1. The third kappa shape index (κ3) is 5.57. The summed E-state index contributed by atoms with van der Waals surface area (Å²) in [5.74, 6) is 0.616. The molecule has 0 aromatic heterocycles. The standard InChI is InChI=1S/C19H24O4/c1-3-15(2)19(20)23-13-11-21-10-12-22-18-9-8-16-6-4-5-7-17(16)14-18/h4-9,14-15H,3,10-13H2,1-2H3. The quantitative estimate of drug-likeness (QED) is 0.521. The third-order valence-corrected chi connectivity index (χ3v) is 3.70. The van der Waals surface area contributed by atoms with Crippen molar-refractivity contribution >= 4 is 16.7 Å². The van der Waals surface area contributed by atoms with Crippen LogP contribution < -0.4 is 4.74 Å². The Hall–Kier alpha value is -2.07. The highest BCUT2D eigenvalue weighted by molar-refractivity contribution is 5.83. The van der Waals surface area contributed by atoms with Crippen LogP contribution in [0.3, 0.4) is 0 Å². The first kappa shape index (κ1) is 17.3. The lowest BCUT2D eigenvalue weighted by Gasteiger charge is -2.10. The molecule has 1 unspecified atom stereocenters. The number of fused-ring (bicyclic) bond motifs is 1. The third-order valence-electron chi connectivity index (χ3n) is 3.70. The van der Waals surface area contributed by atoms with E-state index < -0.39 is 0 Å². The van der Waals surface area contributed by atoms with Crippen molar-refractivity contribution in [2.45, 2.75) is 20.3 Å². The van der Waals surface area contributed by atoms with Gasteiger partial charge in [-0.2, -0.15) is 0 Å². The van der Waals surface area contributed by atoms with Gasteiger partial charge in [0.25, 0.3) is 0 Å². The van der Waals surface area contributed by atoms with Gasteiger partial charge in [0.05, 0.1) is 19.1 Å². The highest BCUT2D eigenvalue weighted by atomic mass is 16.6. The zero-order valence-corrected chi connectivity index (χ0v) is 13.8. The van der Waals surface area contributed by atoms with Crippen LogP contribution in [-0.2, 0) is 14.3 Å². The van der Waals surface area contributed by atoms with Crippen LogP contribution in [0.1, 0.15) is 20.3 Å². The molecule has 0 spiro atoms. The number of esters is 1. The average molecular weight is 316 g/mol. The molecule has 0 saturated heterocycles. The van der Waals surface area contributed by atoms with E-state index in [2.05, 4.69) is 12.1 Å². The van der Waals surface area contributed by atoms with Crippen LogP contribution >= 0.6 is 0 Å². The molecule has 0 aliphatic rings. The zero-order chi connectivity index (χ0) is 16.5. The molecule has 0 radical (unpaired) electrons. The first-order chi connectivity index (χ1) is 11.2. The second kappa shape index (κ2) is 9.16. The molecule has 2 aromatic rings. The number of ether oxygens (including phenoxy) is 3. The monoisotopic (exact) mass is 316 g/mol. The van der Waals surface area contributed by atoms with Crippen molar-refractivity contribution in [2.24, 2.45) is 5.92 Å². The smallest absolute Gasteiger partial charge is 0.308 e. The van der Waals surface area contributed by atoms with Crippen molar-refractivity contribution in [3.05, 3.63) is 42.5 Å². The summed E-state index contributed by atoms with van der Waals surface area (Å²) in [5, 5.41) is 2.35. The number of benzene rings is 2.